The highest BCUT2D eigenvalue weighted by Gasteiger charge is 2.32. The molecule has 10 heteroatoms. The smallest absolute Gasteiger partial charge is 0.416 e. The van der Waals surface area contributed by atoms with Crippen molar-refractivity contribution in [1.82, 2.24) is 0 Å². The Kier molecular flexibility index (Phi) is 6.47. The number of hydrogen-bond donors (Lipinski definition) is 2. The van der Waals surface area contributed by atoms with E-state index in [4.69, 9.17) is 16.3 Å². The predicted molar refractivity (Wildman–Crippen MR) is 119 cm³/mol. The molecule has 0 atom stereocenters. The summed E-state index contributed by atoms with van der Waals surface area (Å²) in [5.74, 6) is -2.76. The van der Waals surface area contributed by atoms with Crippen molar-refractivity contribution in [3.8, 4) is 5.75 Å². The number of halogens is 5. The summed E-state index contributed by atoms with van der Waals surface area (Å²) in [6.07, 6.45) is -3.94. The highest BCUT2D eigenvalue weighted by atomic mass is 35.5. The maximum Gasteiger partial charge on any atom is 0.416 e. The number of carbonyl (C=O) groups is 2. The number of alkyl halides is 3. The lowest BCUT2D eigenvalue weighted by Crippen LogP contribution is -2.21. The van der Waals surface area contributed by atoms with Crippen LogP contribution in [0, 0.1) is 5.82 Å². The molecule has 0 unspecified atom stereocenters. The monoisotopic (exact) mass is 492 g/mol. The number of benzene rings is 3. The summed E-state index contributed by atoms with van der Waals surface area (Å²) in [6, 6.07) is 10.9. The Morgan fingerprint density at radius 3 is 2.62 bits per heavy atom. The largest absolute Gasteiger partial charge is 0.483 e. The molecule has 5 nitrogen and oxygen atoms in total. The zero-order chi connectivity index (χ0) is 24.5. The number of nitrogens with one attached hydrogen (secondary N) is 2. The molecule has 3 aromatic carbocycles. The number of amides is 1. The van der Waals surface area contributed by atoms with E-state index in [9.17, 15) is 27.2 Å². The summed E-state index contributed by atoms with van der Waals surface area (Å²) in [4.78, 5) is 25.3. The van der Waals surface area contributed by atoms with Crippen LogP contribution in [-0.4, -0.2) is 24.8 Å². The van der Waals surface area contributed by atoms with Crippen LogP contribution in [0.4, 0.5) is 28.9 Å². The molecular weight excluding hydrogens is 476 g/mol. The van der Waals surface area contributed by atoms with Crippen LogP contribution in [0.2, 0.25) is 5.02 Å². The van der Waals surface area contributed by atoms with Crippen LogP contribution in [-0.2, 0) is 17.4 Å². The molecule has 176 valence electrons. The van der Waals surface area contributed by atoms with Gasteiger partial charge in [0.2, 0.25) is 0 Å². The van der Waals surface area contributed by atoms with Gasteiger partial charge in [-0.3, -0.25) is 9.59 Å². The average Bonchev–Trinajstić information content (AvgIpc) is 3.24. The molecule has 0 spiro atoms. The van der Waals surface area contributed by atoms with Crippen LogP contribution in [0.3, 0.4) is 0 Å². The summed E-state index contributed by atoms with van der Waals surface area (Å²) in [6.45, 7) is 0.336. The van der Waals surface area contributed by atoms with Crippen LogP contribution in [0.5, 0.6) is 5.75 Å². The fourth-order valence-electron chi connectivity index (χ4n) is 3.55. The zero-order valence-electron chi connectivity index (χ0n) is 17.4. The molecule has 0 bridgehead atoms. The summed E-state index contributed by atoms with van der Waals surface area (Å²) in [7, 11) is 0. The molecule has 1 aliphatic heterocycles. The van der Waals surface area contributed by atoms with E-state index in [2.05, 4.69) is 10.6 Å². The van der Waals surface area contributed by atoms with Gasteiger partial charge in [0.1, 0.15) is 11.6 Å². The molecular formula is C24H17ClF4N2O3. The Morgan fingerprint density at radius 2 is 1.85 bits per heavy atom. The van der Waals surface area contributed by atoms with E-state index in [0.29, 0.717) is 23.9 Å². The Bertz CT molecular complexity index is 1280. The van der Waals surface area contributed by atoms with Gasteiger partial charge in [-0.2, -0.15) is 13.2 Å². The third-order valence-corrected chi connectivity index (χ3v) is 5.37. The third-order valence-electron chi connectivity index (χ3n) is 5.14. The first-order chi connectivity index (χ1) is 16.1. The number of carbonyl (C=O) groups excluding carboxylic acids is 2. The van der Waals surface area contributed by atoms with Gasteiger partial charge in [0.05, 0.1) is 11.1 Å². The zero-order valence-corrected chi connectivity index (χ0v) is 18.2. The molecule has 0 saturated heterocycles. The summed E-state index contributed by atoms with van der Waals surface area (Å²) in [5, 5.41) is 5.99. The highest BCUT2D eigenvalue weighted by Crippen LogP contribution is 2.32. The lowest BCUT2D eigenvalue weighted by molar-refractivity contribution is -0.137. The van der Waals surface area contributed by atoms with Gasteiger partial charge < -0.3 is 15.4 Å². The van der Waals surface area contributed by atoms with E-state index >= 15 is 0 Å². The van der Waals surface area contributed by atoms with Gasteiger partial charge in [-0.25, -0.2) is 4.39 Å². The molecule has 1 amide bonds. The lowest BCUT2D eigenvalue weighted by Gasteiger charge is -2.13. The van der Waals surface area contributed by atoms with E-state index in [1.807, 2.05) is 6.07 Å². The van der Waals surface area contributed by atoms with Gasteiger partial charge in [0.25, 0.3) is 5.91 Å². The second-order valence-corrected chi connectivity index (χ2v) is 8.02. The van der Waals surface area contributed by atoms with Gasteiger partial charge in [0.15, 0.2) is 12.4 Å². The molecule has 0 radical (unpaired) electrons. The number of anilines is 2. The van der Waals surface area contributed by atoms with Crippen molar-refractivity contribution in [2.75, 3.05) is 23.8 Å². The average molecular weight is 493 g/mol. The Balaban J connectivity index is 1.52. The lowest BCUT2D eigenvalue weighted by atomic mass is 10.00. The first kappa shape index (κ1) is 23.6. The third kappa shape index (κ3) is 5.31. The van der Waals surface area contributed by atoms with E-state index in [1.54, 1.807) is 12.1 Å². The number of rotatable bonds is 6. The van der Waals surface area contributed by atoms with Gasteiger partial charge in [-0.05, 0) is 60.5 Å². The maximum atomic E-state index is 13.8. The van der Waals surface area contributed by atoms with Gasteiger partial charge in [-0.15, -0.1) is 0 Å². The van der Waals surface area contributed by atoms with E-state index in [0.717, 1.165) is 24.2 Å². The quantitative estimate of drug-likeness (QED) is 0.341. The molecule has 0 saturated carbocycles. The minimum Gasteiger partial charge on any atom is -0.483 e. The van der Waals surface area contributed by atoms with Crippen molar-refractivity contribution in [2.45, 2.75) is 12.6 Å². The van der Waals surface area contributed by atoms with Crippen molar-refractivity contribution in [2.24, 2.45) is 0 Å². The first-order valence-electron chi connectivity index (χ1n) is 10.1. The van der Waals surface area contributed by atoms with Crippen molar-refractivity contribution in [3.63, 3.8) is 0 Å². The number of fused-ring (bicyclic) bond motifs is 1. The SMILES string of the molecule is O=C(COc1ccc(Cl)cc1C(=O)c1cc(F)cc(C(F)(F)F)c1)Nc1ccc2c(c1)NCC2. The number of ketones is 1. The van der Waals surface area contributed by atoms with E-state index < -0.39 is 41.4 Å². The molecule has 4 rings (SSSR count). The second kappa shape index (κ2) is 9.34. The van der Waals surface area contributed by atoms with E-state index in [-0.39, 0.29) is 16.3 Å². The molecule has 0 aliphatic carbocycles. The van der Waals surface area contributed by atoms with Crippen molar-refractivity contribution < 1.29 is 31.9 Å². The summed E-state index contributed by atoms with van der Waals surface area (Å²) >= 11 is 5.95. The van der Waals surface area contributed by atoms with Crippen molar-refractivity contribution in [1.29, 1.82) is 0 Å². The van der Waals surface area contributed by atoms with Gasteiger partial charge in [-0.1, -0.05) is 17.7 Å². The van der Waals surface area contributed by atoms with E-state index in [1.165, 1.54) is 18.2 Å². The Labute approximate surface area is 196 Å². The molecule has 2 N–H and O–H groups in total. The van der Waals surface area contributed by atoms with Crippen LogP contribution in [0.25, 0.3) is 0 Å². The second-order valence-electron chi connectivity index (χ2n) is 7.58. The molecule has 0 aromatic heterocycles. The van der Waals surface area contributed by atoms with Gasteiger partial charge >= 0.3 is 6.18 Å². The topological polar surface area (TPSA) is 67.4 Å². The predicted octanol–water partition coefficient (Wildman–Crippen LogP) is 5.71. The first-order valence-corrected chi connectivity index (χ1v) is 10.5. The fourth-order valence-corrected chi connectivity index (χ4v) is 3.73. The molecule has 34 heavy (non-hydrogen) atoms. The van der Waals surface area contributed by atoms with Gasteiger partial charge in [0, 0.05) is 28.5 Å². The molecule has 3 aromatic rings. The van der Waals surface area contributed by atoms with Crippen LogP contribution >= 0.6 is 11.6 Å². The minimum atomic E-state index is -4.84. The maximum absolute atomic E-state index is 13.8. The molecule has 1 heterocycles. The van der Waals surface area contributed by atoms with Crippen molar-refractivity contribution in [3.05, 3.63) is 87.7 Å². The van der Waals surface area contributed by atoms with Crippen molar-refractivity contribution >= 4 is 34.7 Å². The minimum absolute atomic E-state index is 0.0852. The highest BCUT2D eigenvalue weighted by molar-refractivity contribution is 6.31. The summed E-state index contributed by atoms with van der Waals surface area (Å²) < 4.78 is 58.4. The number of hydrogen-bond acceptors (Lipinski definition) is 4. The summed E-state index contributed by atoms with van der Waals surface area (Å²) in [5.41, 5.74) is 0.578. The Hall–Kier alpha value is -3.59. The van der Waals surface area contributed by atoms with Crippen LogP contribution in [0.1, 0.15) is 27.0 Å². The van der Waals surface area contributed by atoms with Crippen LogP contribution < -0.4 is 15.4 Å². The van der Waals surface area contributed by atoms with Crippen LogP contribution in [0.15, 0.2) is 54.6 Å². The molecule has 0 fully saturated rings. The standard InChI is InChI=1S/C24H17ClF4N2O3/c25-16-2-4-21(34-12-22(32)31-18-3-1-13-5-6-30-20(13)11-18)19(10-16)23(33)14-7-15(24(27,28)29)9-17(26)8-14/h1-4,7-11,30H,5-6,12H2,(H,31,32). The normalized spacial score (nSPS) is 12.6. The number of ether oxygens (including phenoxy) is 1. The fraction of sp³-hybridized carbons (Fsp3) is 0.167. The molecule has 1 aliphatic rings. The Morgan fingerprint density at radius 1 is 1.06 bits per heavy atom.